The first-order valence-electron chi connectivity index (χ1n) is 6.78. The van der Waals surface area contributed by atoms with Crippen LogP contribution in [0.4, 0.5) is 0 Å². The van der Waals surface area contributed by atoms with Crippen LogP contribution in [-0.4, -0.2) is 11.7 Å². The molecular weight excluding hydrogens is 288 g/mol. The predicted octanol–water partition coefficient (Wildman–Crippen LogP) is 3.22. The summed E-state index contributed by atoms with van der Waals surface area (Å²) in [5.74, 6) is 0.609. The molecule has 2 aromatic rings. The zero-order chi connectivity index (χ0) is 15.6. The van der Waals surface area contributed by atoms with Crippen molar-refractivity contribution in [2.24, 2.45) is 5.73 Å². The molecule has 0 saturated heterocycles. The maximum absolute atomic E-state index is 12.5. The highest BCUT2D eigenvalue weighted by Crippen LogP contribution is 2.30. The van der Waals surface area contributed by atoms with Crippen LogP contribution < -0.4 is 16.0 Å². The summed E-state index contributed by atoms with van der Waals surface area (Å²) >= 11 is 6.18. The van der Waals surface area contributed by atoms with E-state index in [4.69, 9.17) is 22.1 Å². The fraction of sp³-hybridized carbons (Fsp3) is 0.312. The van der Waals surface area contributed by atoms with E-state index in [0.717, 1.165) is 11.3 Å². The number of ether oxygens (including phenoxy) is 1. The fourth-order valence-electron chi connectivity index (χ4n) is 2.32. The molecule has 21 heavy (non-hydrogen) atoms. The van der Waals surface area contributed by atoms with Gasteiger partial charge in [-0.2, -0.15) is 0 Å². The number of benzene rings is 1. The molecule has 0 unspecified atom stereocenters. The third-order valence-electron chi connectivity index (χ3n) is 3.38. The molecule has 0 radical (unpaired) electrons. The Hall–Kier alpha value is -1.78. The Morgan fingerprint density at radius 2 is 2.00 bits per heavy atom. The molecule has 1 heterocycles. The van der Waals surface area contributed by atoms with E-state index in [-0.39, 0.29) is 18.1 Å². The lowest BCUT2D eigenvalue weighted by molar-refractivity contribution is 0.415. The van der Waals surface area contributed by atoms with Crippen LogP contribution in [0, 0.1) is 0 Å². The van der Waals surface area contributed by atoms with E-state index >= 15 is 0 Å². The Labute approximate surface area is 129 Å². The Morgan fingerprint density at radius 3 is 2.52 bits per heavy atom. The lowest BCUT2D eigenvalue weighted by atomic mass is 10.1. The molecule has 0 saturated carbocycles. The molecule has 0 aliphatic carbocycles. The zero-order valence-electron chi connectivity index (χ0n) is 12.4. The van der Waals surface area contributed by atoms with Crippen molar-refractivity contribution in [3.05, 3.63) is 51.3 Å². The van der Waals surface area contributed by atoms with Crippen molar-refractivity contribution in [2.45, 2.75) is 26.4 Å². The summed E-state index contributed by atoms with van der Waals surface area (Å²) in [7, 11) is 1.57. The van der Waals surface area contributed by atoms with Gasteiger partial charge in [-0.3, -0.25) is 4.79 Å². The smallest absolute Gasteiger partial charge is 0.255 e. The normalized spacial score (nSPS) is 11.0. The summed E-state index contributed by atoms with van der Waals surface area (Å²) in [6, 6.07) is 9.19. The van der Waals surface area contributed by atoms with Crippen LogP contribution in [0.15, 0.2) is 35.1 Å². The van der Waals surface area contributed by atoms with Crippen molar-refractivity contribution in [1.82, 2.24) is 4.57 Å². The molecule has 0 amide bonds. The number of nitrogens with zero attached hydrogens (tertiary/aromatic N) is 1. The van der Waals surface area contributed by atoms with Gasteiger partial charge in [-0.25, -0.2) is 0 Å². The van der Waals surface area contributed by atoms with Crippen LogP contribution in [0.25, 0.3) is 11.3 Å². The van der Waals surface area contributed by atoms with Crippen molar-refractivity contribution in [1.29, 1.82) is 0 Å². The van der Waals surface area contributed by atoms with Crippen LogP contribution in [-0.2, 0) is 6.54 Å². The number of methoxy groups -OCH3 is 1. The second-order valence-corrected chi connectivity index (χ2v) is 5.47. The molecule has 0 aliphatic rings. The molecule has 1 aromatic carbocycles. The minimum atomic E-state index is -0.0584. The number of hydrogen-bond acceptors (Lipinski definition) is 3. The van der Waals surface area contributed by atoms with Gasteiger partial charge in [0.25, 0.3) is 5.56 Å². The summed E-state index contributed by atoms with van der Waals surface area (Å²) in [6.07, 6.45) is 0. The average molecular weight is 307 g/mol. The van der Waals surface area contributed by atoms with Crippen molar-refractivity contribution in [2.75, 3.05) is 7.11 Å². The molecule has 0 atom stereocenters. The zero-order valence-corrected chi connectivity index (χ0v) is 13.1. The summed E-state index contributed by atoms with van der Waals surface area (Å²) in [6.45, 7) is 4.17. The van der Waals surface area contributed by atoms with Gasteiger partial charge in [0.05, 0.1) is 17.8 Å². The van der Waals surface area contributed by atoms with Gasteiger partial charge in [0, 0.05) is 18.2 Å². The largest absolute Gasteiger partial charge is 0.495 e. The van der Waals surface area contributed by atoms with Crippen LogP contribution in [0.5, 0.6) is 5.75 Å². The maximum Gasteiger partial charge on any atom is 0.255 e. The summed E-state index contributed by atoms with van der Waals surface area (Å²) in [4.78, 5) is 12.5. The first kappa shape index (κ1) is 15.6. The Kier molecular flexibility index (Phi) is 4.70. The van der Waals surface area contributed by atoms with E-state index in [0.29, 0.717) is 16.3 Å². The van der Waals surface area contributed by atoms with E-state index in [1.165, 1.54) is 0 Å². The second-order valence-electron chi connectivity index (χ2n) is 5.07. The van der Waals surface area contributed by atoms with Gasteiger partial charge in [-0.15, -0.1) is 0 Å². The molecule has 5 heteroatoms. The Bertz CT molecular complexity index is 708. The van der Waals surface area contributed by atoms with Crippen molar-refractivity contribution in [3.8, 4) is 17.0 Å². The van der Waals surface area contributed by atoms with E-state index in [1.807, 2.05) is 26.0 Å². The number of pyridine rings is 1. The first-order valence-corrected chi connectivity index (χ1v) is 7.15. The second kappa shape index (κ2) is 6.33. The topological polar surface area (TPSA) is 57.2 Å². The Morgan fingerprint density at radius 1 is 1.29 bits per heavy atom. The molecule has 2 rings (SSSR count). The lowest BCUT2D eigenvalue weighted by Crippen LogP contribution is -2.27. The van der Waals surface area contributed by atoms with Gasteiger partial charge < -0.3 is 15.0 Å². The van der Waals surface area contributed by atoms with E-state index in [9.17, 15) is 4.79 Å². The average Bonchev–Trinajstić information content (AvgIpc) is 2.46. The highest BCUT2D eigenvalue weighted by molar-refractivity contribution is 6.32. The highest BCUT2D eigenvalue weighted by atomic mass is 35.5. The van der Waals surface area contributed by atoms with Gasteiger partial charge in [0.1, 0.15) is 5.75 Å². The third kappa shape index (κ3) is 2.96. The molecule has 1 aromatic heterocycles. The SMILES string of the molecule is COc1ccc(-c2ccc(CN)c(=O)n2C(C)C)cc1Cl. The first-order chi connectivity index (χ1) is 9.99. The van der Waals surface area contributed by atoms with E-state index in [1.54, 1.807) is 29.9 Å². The van der Waals surface area contributed by atoms with Crippen LogP contribution >= 0.6 is 11.6 Å². The lowest BCUT2D eigenvalue weighted by Gasteiger charge is -2.18. The summed E-state index contributed by atoms with van der Waals surface area (Å²) in [5, 5.41) is 0.514. The van der Waals surface area contributed by atoms with Crippen LogP contribution in [0.3, 0.4) is 0 Å². The molecule has 4 nitrogen and oxygen atoms in total. The number of nitrogens with two attached hydrogens (primary N) is 1. The monoisotopic (exact) mass is 306 g/mol. The molecular formula is C16H19ClN2O2. The number of rotatable bonds is 4. The minimum absolute atomic E-state index is 0.0277. The van der Waals surface area contributed by atoms with Gasteiger partial charge >= 0.3 is 0 Å². The quantitative estimate of drug-likeness (QED) is 0.943. The van der Waals surface area contributed by atoms with Crippen LogP contribution in [0.1, 0.15) is 25.5 Å². The predicted molar refractivity (Wildman–Crippen MR) is 86.0 cm³/mol. The maximum atomic E-state index is 12.5. The van der Waals surface area contributed by atoms with Gasteiger partial charge in [0.2, 0.25) is 0 Å². The standard InChI is InChI=1S/C16H19ClN2O2/c1-10(2)19-14(6-4-12(9-18)16(19)20)11-5-7-15(21-3)13(17)8-11/h4-8,10H,9,18H2,1-3H3. The van der Waals surface area contributed by atoms with Gasteiger partial charge in [-0.05, 0) is 43.7 Å². The molecule has 0 aliphatic heterocycles. The van der Waals surface area contributed by atoms with Gasteiger partial charge in [-0.1, -0.05) is 17.7 Å². The molecule has 112 valence electrons. The summed E-state index contributed by atoms with van der Waals surface area (Å²) in [5.41, 5.74) is 7.85. The number of hydrogen-bond donors (Lipinski definition) is 1. The molecule has 0 spiro atoms. The Balaban J connectivity index is 2.66. The van der Waals surface area contributed by atoms with Crippen molar-refractivity contribution < 1.29 is 4.74 Å². The minimum Gasteiger partial charge on any atom is -0.495 e. The van der Waals surface area contributed by atoms with E-state index in [2.05, 4.69) is 0 Å². The molecule has 0 fully saturated rings. The molecule has 0 bridgehead atoms. The van der Waals surface area contributed by atoms with Crippen molar-refractivity contribution >= 4 is 11.6 Å². The summed E-state index contributed by atoms with van der Waals surface area (Å²) < 4.78 is 6.89. The third-order valence-corrected chi connectivity index (χ3v) is 3.67. The molecule has 2 N–H and O–H groups in total. The number of halogens is 1. The van der Waals surface area contributed by atoms with Crippen LogP contribution in [0.2, 0.25) is 5.02 Å². The highest BCUT2D eigenvalue weighted by Gasteiger charge is 2.13. The van der Waals surface area contributed by atoms with Gasteiger partial charge in [0.15, 0.2) is 0 Å². The number of aromatic nitrogens is 1. The fourth-order valence-corrected chi connectivity index (χ4v) is 2.58. The van der Waals surface area contributed by atoms with E-state index < -0.39 is 0 Å². The van der Waals surface area contributed by atoms with Crippen molar-refractivity contribution in [3.63, 3.8) is 0 Å².